The molecule has 7 heteroatoms. The zero-order valence-electron chi connectivity index (χ0n) is 11.6. The van der Waals surface area contributed by atoms with Gasteiger partial charge in [-0.3, -0.25) is 4.72 Å². The van der Waals surface area contributed by atoms with Gasteiger partial charge < -0.3 is 10.5 Å². The summed E-state index contributed by atoms with van der Waals surface area (Å²) < 4.78 is 33.1. The molecule has 0 aliphatic heterocycles. The number of ether oxygens (including phenoxy) is 1. The first kappa shape index (κ1) is 15.7. The second kappa shape index (κ2) is 5.95. The Kier molecular flexibility index (Phi) is 4.43. The molecule has 0 heterocycles. The summed E-state index contributed by atoms with van der Waals surface area (Å²) in [6, 6.07) is 9.65. The molecule has 21 heavy (non-hydrogen) atoms. The molecule has 0 aromatic heterocycles. The molecule has 2 rings (SSSR count). The van der Waals surface area contributed by atoms with Crippen molar-refractivity contribution < 1.29 is 13.2 Å². The third kappa shape index (κ3) is 3.68. The molecule has 0 spiro atoms. The average molecular weight is 371 g/mol. The normalized spacial score (nSPS) is 11.2. The molecule has 0 saturated carbocycles. The van der Waals surface area contributed by atoms with E-state index in [4.69, 9.17) is 10.5 Å². The molecule has 2 aromatic rings. The van der Waals surface area contributed by atoms with Crippen LogP contribution in [0.1, 0.15) is 5.56 Å². The lowest BCUT2D eigenvalue weighted by molar-refractivity contribution is 0.412. The molecule has 2 aromatic carbocycles. The fraction of sp³-hybridized carbons (Fsp3) is 0.143. The summed E-state index contributed by atoms with van der Waals surface area (Å²) in [6.07, 6.45) is 0. The van der Waals surface area contributed by atoms with Gasteiger partial charge in [-0.25, -0.2) is 8.42 Å². The number of rotatable bonds is 4. The first-order chi connectivity index (χ1) is 9.81. The Morgan fingerprint density at radius 2 is 1.90 bits per heavy atom. The van der Waals surface area contributed by atoms with E-state index in [0.29, 0.717) is 17.1 Å². The van der Waals surface area contributed by atoms with Gasteiger partial charge in [-0.1, -0.05) is 0 Å². The van der Waals surface area contributed by atoms with Gasteiger partial charge in [0.05, 0.1) is 22.2 Å². The van der Waals surface area contributed by atoms with Crippen LogP contribution in [0.3, 0.4) is 0 Å². The van der Waals surface area contributed by atoms with Crippen LogP contribution >= 0.6 is 15.9 Å². The number of hydrogen-bond acceptors (Lipinski definition) is 4. The second-order valence-corrected chi connectivity index (χ2v) is 7.07. The van der Waals surface area contributed by atoms with E-state index in [9.17, 15) is 8.42 Å². The molecule has 0 atom stereocenters. The van der Waals surface area contributed by atoms with Crippen molar-refractivity contribution in [3.05, 3.63) is 46.4 Å². The summed E-state index contributed by atoms with van der Waals surface area (Å²) in [7, 11) is -2.18. The van der Waals surface area contributed by atoms with Crippen molar-refractivity contribution in [1.29, 1.82) is 0 Å². The molecule has 3 N–H and O–H groups in total. The molecule has 0 aliphatic carbocycles. The van der Waals surface area contributed by atoms with E-state index in [0.717, 1.165) is 10.0 Å². The number of nitrogen functional groups attached to an aromatic ring is 1. The highest BCUT2D eigenvalue weighted by Crippen LogP contribution is 2.29. The van der Waals surface area contributed by atoms with E-state index in [-0.39, 0.29) is 4.90 Å². The number of methoxy groups -OCH3 is 1. The lowest BCUT2D eigenvalue weighted by Crippen LogP contribution is -2.13. The van der Waals surface area contributed by atoms with Crippen LogP contribution < -0.4 is 15.2 Å². The summed E-state index contributed by atoms with van der Waals surface area (Å²) in [4.78, 5) is 0.127. The zero-order valence-corrected chi connectivity index (χ0v) is 14.0. The molecular formula is C14H15BrN2O3S. The molecule has 0 unspecified atom stereocenters. The fourth-order valence-electron chi connectivity index (χ4n) is 1.87. The van der Waals surface area contributed by atoms with Crippen LogP contribution in [0.4, 0.5) is 11.4 Å². The summed E-state index contributed by atoms with van der Waals surface area (Å²) >= 11 is 3.32. The van der Waals surface area contributed by atoms with Crippen molar-refractivity contribution in [2.45, 2.75) is 11.8 Å². The highest BCUT2D eigenvalue weighted by Gasteiger charge is 2.16. The predicted octanol–water partition coefficient (Wildman–Crippen LogP) is 3.15. The van der Waals surface area contributed by atoms with Crippen molar-refractivity contribution in [3.8, 4) is 5.75 Å². The minimum atomic E-state index is -3.70. The second-order valence-electron chi connectivity index (χ2n) is 4.53. The Labute approximate surface area is 132 Å². The van der Waals surface area contributed by atoms with Gasteiger partial charge >= 0.3 is 0 Å². The number of nitrogens with two attached hydrogens (primary N) is 1. The van der Waals surface area contributed by atoms with Gasteiger partial charge in [-0.2, -0.15) is 0 Å². The largest absolute Gasteiger partial charge is 0.495 e. The Hall–Kier alpha value is -1.73. The van der Waals surface area contributed by atoms with E-state index in [1.165, 1.54) is 13.2 Å². The van der Waals surface area contributed by atoms with Gasteiger partial charge in [0.25, 0.3) is 10.0 Å². The van der Waals surface area contributed by atoms with Gasteiger partial charge in [0.2, 0.25) is 0 Å². The van der Waals surface area contributed by atoms with Crippen LogP contribution in [-0.4, -0.2) is 15.5 Å². The molecule has 5 nitrogen and oxygen atoms in total. The standard InChI is InChI=1S/C14H15BrN2O3S/c1-9-5-10(16)7-12(6-9)21(18,19)17-11-3-4-13(15)14(8-11)20-2/h3-8,17H,16H2,1-2H3. The molecule has 0 fully saturated rings. The number of hydrogen-bond donors (Lipinski definition) is 2. The summed E-state index contributed by atoms with van der Waals surface area (Å²) in [6.45, 7) is 1.79. The smallest absolute Gasteiger partial charge is 0.261 e. The fourth-order valence-corrected chi connectivity index (χ4v) is 3.46. The quantitative estimate of drug-likeness (QED) is 0.809. The third-order valence-electron chi connectivity index (χ3n) is 2.79. The summed E-state index contributed by atoms with van der Waals surface area (Å²) in [5.41, 5.74) is 7.30. The van der Waals surface area contributed by atoms with Crippen molar-refractivity contribution in [1.82, 2.24) is 0 Å². The average Bonchev–Trinajstić information content (AvgIpc) is 2.39. The van der Waals surface area contributed by atoms with Crippen LogP contribution in [0.15, 0.2) is 45.8 Å². The summed E-state index contributed by atoms with van der Waals surface area (Å²) in [5, 5.41) is 0. The maximum Gasteiger partial charge on any atom is 0.261 e. The lowest BCUT2D eigenvalue weighted by atomic mass is 10.2. The van der Waals surface area contributed by atoms with Gasteiger partial charge in [-0.05, 0) is 58.7 Å². The molecule has 0 amide bonds. The summed E-state index contributed by atoms with van der Waals surface area (Å²) in [5.74, 6) is 0.541. The van der Waals surface area contributed by atoms with E-state index >= 15 is 0 Å². The predicted molar refractivity (Wildman–Crippen MR) is 87.1 cm³/mol. The Morgan fingerprint density at radius 1 is 1.19 bits per heavy atom. The SMILES string of the molecule is COc1cc(NS(=O)(=O)c2cc(C)cc(N)c2)ccc1Br. The number of sulfonamides is 1. The van der Waals surface area contributed by atoms with Crippen LogP contribution in [0, 0.1) is 6.92 Å². The number of aryl methyl sites for hydroxylation is 1. The first-order valence-electron chi connectivity index (χ1n) is 6.05. The Bertz CT molecular complexity index is 756. The minimum absolute atomic E-state index is 0.127. The van der Waals surface area contributed by atoms with E-state index in [2.05, 4.69) is 20.7 Å². The minimum Gasteiger partial charge on any atom is -0.495 e. The number of nitrogens with one attached hydrogen (secondary N) is 1. The van der Waals surface area contributed by atoms with Crippen LogP contribution in [0.5, 0.6) is 5.75 Å². The number of anilines is 2. The van der Waals surface area contributed by atoms with Crippen LogP contribution in [0.25, 0.3) is 0 Å². The highest BCUT2D eigenvalue weighted by atomic mass is 79.9. The van der Waals surface area contributed by atoms with Crippen molar-refractivity contribution in [3.63, 3.8) is 0 Å². The third-order valence-corrected chi connectivity index (χ3v) is 4.80. The lowest BCUT2D eigenvalue weighted by Gasteiger charge is -2.11. The molecular weight excluding hydrogens is 356 g/mol. The van der Waals surface area contributed by atoms with Crippen molar-refractivity contribution >= 4 is 37.3 Å². The van der Waals surface area contributed by atoms with Crippen LogP contribution in [-0.2, 0) is 10.0 Å². The number of benzene rings is 2. The molecule has 0 bridgehead atoms. The van der Waals surface area contributed by atoms with Crippen LogP contribution in [0.2, 0.25) is 0 Å². The highest BCUT2D eigenvalue weighted by molar-refractivity contribution is 9.10. The monoisotopic (exact) mass is 370 g/mol. The molecule has 0 saturated heterocycles. The first-order valence-corrected chi connectivity index (χ1v) is 8.33. The van der Waals surface area contributed by atoms with Gasteiger partial charge in [0, 0.05) is 11.8 Å². The Balaban J connectivity index is 2.37. The van der Waals surface area contributed by atoms with Gasteiger partial charge in [-0.15, -0.1) is 0 Å². The van der Waals surface area contributed by atoms with E-state index in [1.807, 2.05) is 0 Å². The topological polar surface area (TPSA) is 81.4 Å². The van der Waals surface area contributed by atoms with Crippen molar-refractivity contribution in [2.24, 2.45) is 0 Å². The molecule has 0 radical (unpaired) electrons. The van der Waals surface area contributed by atoms with Crippen molar-refractivity contribution in [2.75, 3.05) is 17.6 Å². The zero-order chi connectivity index (χ0) is 15.6. The number of halogens is 1. The maximum absolute atomic E-state index is 12.4. The van der Waals surface area contributed by atoms with E-state index in [1.54, 1.807) is 37.3 Å². The Morgan fingerprint density at radius 3 is 2.52 bits per heavy atom. The molecule has 0 aliphatic rings. The van der Waals surface area contributed by atoms with Gasteiger partial charge in [0.1, 0.15) is 5.75 Å². The maximum atomic E-state index is 12.4. The van der Waals surface area contributed by atoms with Gasteiger partial charge in [0.15, 0.2) is 0 Å². The molecule has 112 valence electrons. The van der Waals surface area contributed by atoms with E-state index < -0.39 is 10.0 Å².